The highest BCUT2D eigenvalue weighted by Gasteiger charge is 2.32. The van der Waals surface area contributed by atoms with Crippen molar-refractivity contribution >= 4 is 0 Å². The molecule has 2 heteroatoms. The Labute approximate surface area is 105 Å². The standard InChI is InChI=1S/C15H25NO/c1-4-5-6-7-10-15(17,13(2)3)14-9-8-11-16-12-14/h8-9,11-13,17H,4-7,10H2,1-3H3. The van der Waals surface area contributed by atoms with Gasteiger partial charge in [0.25, 0.3) is 0 Å². The normalized spacial score (nSPS) is 14.9. The van der Waals surface area contributed by atoms with Crippen molar-refractivity contribution in [3.8, 4) is 0 Å². The second-order valence-corrected chi connectivity index (χ2v) is 5.13. The van der Waals surface area contributed by atoms with E-state index in [2.05, 4.69) is 25.8 Å². The molecular formula is C15H25NO. The van der Waals surface area contributed by atoms with Gasteiger partial charge in [0.05, 0.1) is 5.60 Å². The van der Waals surface area contributed by atoms with Crippen molar-refractivity contribution in [3.63, 3.8) is 0 Å². The van der Waals surface area contributed by atoms with Gasteiger partial charge in [0.2, 0.25) is 0 Å². The lowest BCUT2D eigenvalue weighted by atomic mass is 9.80. The van der Waals surface area contributed by atoms with Gasteiger partial charge in [-0.05, 0) is 18.4 Å². The van der Waals surface area contributed by atoms with Crippen molar-refractivity contribution < 1.29 is 5.11 Å². The summed E-state index contributed by atoms with van der Waals surface area (Å²) in [5, 5.41) is 10.8. The molecule has 0 fully saturated rings. The van der Waals surface area contributed by atoms with E-state index in [0.29, 0.717) is 0 Å². The van der Waals surface area contributed by atoms with Gasteiger partial charge in [0.1, 0.15) is 0 Å². The van der Waals surface area contributed by atoms with Gasteiger partial charge in [-0.25, -0.2) is 0 Å². The van der Waals surface area contributed by atoms with Crippen LogP contribution in [0, 0.1) is 5.92 Å². The van der Waals surface area contributed by atoms with Gasteiger partial charge in [-0.2, -0.15) is 0 Å². The minimum atomic E-state index is -0.720. The van der Waals surface area contributed by atoms with E-state index in [4.69, 9.17) is 0 Å². The van der Waals surface area contributed by atoms with Crippen molar-refractivity contribution in [2.75, 3.05) is 0 Å². The molecule has 0 saturated heterocycles. The topological polar surface area (TPSA) is 33.1 Å². The number of hydrogen-bond donors (Lipinski definition) is 1. The first kappa shape index (κ1) is 14.2. The molecule has 0 radical (unpaired) electrons. The van der Waals surface area contributed by atoms with Gasteiger partial charge < -0.3 is 5.11 Å². The molecule has 1 aromatic rings. The molecule has 1 atom stereocenters. The fourth-order valence-electron chi connectivity index (χ4n) is 2.21. The fourth-order valence-corrected chi connectivity index (χ4v) is 2.21. The van der Waals surface area contributed by atoms with Crippen LogP contribution in [-0.2, 0) is 5.60 Å². The van der Waals surface area contributed by atoms with Gasteiger partial charge in [-0.15, -0.1) is 0 Å². The average Bonchev–Trinajstić information content (AvgIpc) is 2.35. The number of unbranched alkanes of at least 4 members (excludes halogenated alkanes) is 3. The molecule has 0 spiro atoms. The highest BCUT2D eigenvalue weighted by molar-refractivity contribution is 5.18. The zero-order valence-electron chi connectivity index (χ0n) is 11.3. The molecule has 0 amide bonds. The Balaban J connectivity index is 2.69. The zero-order valence-corrected chi connectivity index (χ0v) is 11.3. The zero-order chi connectivity index (χ0) is 12.7. The van der Waals surface area contributed by atoms with Gasteiger partial charge >= 0.3 is 0 Å². The predicted octanol–water partition coefficient (Wildman–Crippen LogP) is 3.90. The van der Waals surface area contributed by atoms with Crippen LogP contribution in [0.25, 0.3) is 0 Å². The van der Waals surface area contributed by atoms with Crippen molar-refractivity contribution in [3.05, 3.63) is 30.1 Å². The predicted molar refractivity (Wildman–Crippen MR) is 71.7 cm³/mol. The van der Waals surface area contributed by atoms with Crippen LogP contribution in [0.15, 0.2) is 24.5 Å². The van der Waals surface area contributed by atoms with Crippen LogP contribution < -0.4 is 0 Å². The molecule has 1 heterocycles. The Kier molecular flexibility index (Phi) is 5.63. The van der Waals surface area contributed by atoms with E-state index in [1.807, 2.05) is 12.1 Å². The van der Waals surface area contributed by atoms with Gasteiger partial charge in [-0.1, -0.05) is 52.5 Å². The lowest BCUT2D eigenvalue weighted by molar-refractivity contribution is -0.0210. The largest absolute Gasteiger partial charge is 0.385 e. The van der Waals surface area contributed by atoms with Crippen molar-refractivity contribution in [1.29, 1.82) is 0 Å². The number of nitrogens with zero attached hydrogens (tertiary/aromatic N) is 1. The molecule has 96 valence electrons. The Morgan fingerprint density at radius 3 is 2.59 bits per heavy atom. The van der Waals surface area contributed by atoms with E-state index in [9.17, 15) is 5.11 Å². The smallest absolute Gasteiger partial charge is 0.0934 e. The Morgan fingerprint density at radius 2 is 2.06 bits per heavy atom. The number of pyridine rings is 1. The third kappa shape index (κ3) is 3.81. The maximum Gasteiger partial charge on any atom is 0.0934 e. The first-order valence-electron chi connectivity index (χ1n) is 6.74. The fraction of sp³-hybridized carbons (Fsp3) is 0.667. The number of hydrogen-bond acceptors (Lipinski definition) is 2. The highest BCUT2D eigenvalue weighted by Crippen LogP contribution is 2.34. The van der Waals surface area contributed by atoms with Gasteiger partial charge in [0.15, 0.2) is 0 Å². The lowest BCUT2D eigenvalue weighted by Crippen LogP contribution is -2.32. The maximum atomic E-state index is 10.8. The SMILES string of the molecule is CCCCCCC(O)(c1cccnc1)C(C)C. The average molecular weight is 235 g/mol. The number of rotatable bonds is 7. The summed E-state index contributed by atoms with van der Waals surface area (Å²) < 4.78 is 0. The molecular weight excluding hydrogens is 210 g/mol. The Hall–Kier alpha value is -0.890. The summed E-state index contributed by atoms with van der Waals surface area (Å²) in [5.41, 5.74) is 0.230. The molecule has 1 N–H and O–H groups in total. The molecule has 0 aliphatic rings. The molecule has 17 heavy (non-hydrogen) atoms. The van der Waals surface area contributed by atoms with E-state index >= 15 is 0 Å². The van der Waals surface area contributed by atoms with Crippen LogP contribution in [0.5, 0.6) is 0 Å². The molecule has 1 unspecified atom stereocenters. The van der Waals surface area contributed by atoms with E-state index in [0.717, 1.165) is 18.4 Å². The van der Waals surface area contributed by atoms with Gasteiger partial charge in [0, 0.05) is 18.0 Å². The maximum absolute atomic E-state index is 10.8. The molecule has 0 aliphatic carbocycles. The molecule has 1 rings (SSSR count). The van der Waals surface area contributed by atoms with Crippen molar-refractivity contribution in [2.24, 2.45) is 5.92 Å². The van der Waals surface area contributed by atoms with E-state index in [-0.39, 0.29) is 5.92 Å². The second-order valence-electron chi connectivity index (χ2n) is 5.13. The Morgan fingerprint density at radius 1 is 1.29 bits per heavy atom. The summed E-state index contributed by atoms with van der Waals surface area (Å²) in [6.45, 7) is 6.36. The summed E-state index contributed by atoms with van der Waals surface area (Å²) >= 11 is 0. The first-order chi connectivity index (χ1) is 8.11. The van der Waals surface area contributed by atoms with E-state index < -0.39 is 5.60 Å². The van der Waals surface area contributed by atoms with Gasteiger partial charge in [-0.3, -0.25) is 4.98 Å². The summed E-state index contributed by atoms with van der Waals surface area (Å²) in [6, 6.07) is 3.88. The number of aromatic nitrogens is 1. The van der Waals surface area contributed by atoms with Crippen LogP contribution in [0.1, 0.15) is 58.4 Å². The van der Waals surface area contributed by atoms with Crippen LogP contribution in [0.3, 0.4) is 0 Å². The molecule has 1 aromatic heterocycles. The molecule has 0 bridgehead atoms. The third-order valence-electron chi connectivity index (χ3n) is 3.53. The summed E-state index contributed by atoms with van der Waals surface area (Å²) in [6.07, 6.45) is 9.13. The van der Waals surface area contributed by atoms with E-state index in [1.165, 1.54) is 19.3 Å². The minimum absolute atomic E-state index is 0.216. The van der Waals surface area contributed by atoms with Crippen LogP contribution >= 0.6 is 0 Å². The second kappa shape index (κ2) is 6.75. The third-order valence-corrected chi connectivity index (χ3v) is 3.53. The van der Waals surface area contributed by atoms with Crippen molar-refractivity contribution in [2.45, 2.75) is 58.5 Å². The molecule has 2 nitrogen and oxygen atoms in total. The van der Waals surface area contributed by atoms with E-state index in [1.54, 1.807) is 12.4 Å². The highest BCUT2D eigenvalue weighted by atomic mass is 16.3. The Bertz CT molecular complexity index is 310. The molecule has 0 aliphatic heterocycles. The molecule has 0 saturated carbocycles. The molecule has 0 aromatic carbocycles. The monoisotopic (exact) mass is 235 g/mol. The number of aliphatic hydroxyl groups is 1. The minimum Gasteiger partial charge on any atom is -0.385 e. The summed E-state index contributed by atoms with van der Waals surface area (Å²) in [4.78, 5) is 4.12. The quantitative estimate of drug-likeness (QED) is 0.727. The lowest BCUT2D eigenvalue weighted by Gasteiger charge is -2.32. The summed E-state index contributed by atoms with van der Waals surface area (Å²) in [5.74, 6) is 0.216. The van der Waals surface area contributed by atoms with Crippen LogP contribution in [0.4, 0.5) is 0 Å². The first-order valence-corrected chi connectivity index (χ1v) is 6.74. The summed E-state index contributed by atoms with van der Waals surface area (Å²) in [7, 11) is 0. The van der Waals surface area contributed by atoms with Crippen LogP contribution in [0.2, 0.25) is 0 Å². The van der Waals surface area contributed by atoms with Crippen molar-refractivity contribution in [1.82, 2.24) is 4.98 Å². The van der Waals surface area contributed by atoms with Crippen LogP contribution in [-0.4, -0.2) is 10.1 Å².